The van der Waals surface area contributed by atoms with Crippen LogP contribution in [0.2, 0.25) is 0 Å². The molecule has 1 aromatic rings. The van der Waals surface area contributed by atoms with Crippen LogP contribution < -0.4 is 5.73 Å². The minimum absolute atomic E-state index is 0.0703. The van der Waals surface area contributed by atoms with E-state index >= 15 is 0 Å². The van der Waals surface area contributed by atoms with Gasteiger partial charge in [-0.1, -0.05) is 0 Å². The number of aromatic nitrogens is 1. The van der Waals surface area contributed by atoms with Crippen molar-refractivity contribution in [2.45, 2.75) is 26.4 Å². The van der Waals surface area contributed by atoms with Gasteiger partial charge in [-0.3, -0.25) is 4.90 Å². The minimum atomic E-state index is -0.392. The van der Waals surface area contributed by atoms with E-state index in [1.54, 1.807) is 0 Å². The van der Waals surface area contributed by atoms with Crippen molar-refractivity contribution < 1.29 is 9.50 Å². The highest BCUT2D eigenvalue weighted by Gasteiger charge is 2.12. The number of aliphatic hydroxyl groups excluding tert-OH is 1. The van der Waals surface area contributed by atoms with E-state index in [-0.39, 0.29) is 12.6 Å². The van der Waals surface area contributed by atoms with Gasteiger partial charge in [0.2, 0.25) is 0 Å². The molecule has 90 valence electrons. The zero-order valence-corrected chi connectivity index (χ0v) is 9.65. The standard InChI is InChI=1S/C11H18FN3O/c1-8(2)15(3-4-16)7-9-5-10(12)6-14-11(9)13/h5-6,8,16H,3-4,7H2,1-2H3,(H2,13,14). The summed E-state index contributed by atoms with van der Waals surface area (Å²) < 4.78 is 13.0. The predicted molar refractivity (Wildman–Crippen MR) is 61.2 cm³/mol. The van der Waals surface area contributed by atoms with E-state index in [4.69, 9.17) is 10.8 Å². The van der Waals surface area contributed by atoms with Crippen molar-refractivity contribution in [3.8, 4) is 0 Å². The number of halogens is 1. The zero-order valence-electron chi connectivity index (χ0n) is 9.65. The maximum Gasteiger partial charge on any atom is 0.141 e. The van der Waals surface area contributed by atoms with E-state index < -0.39 is 5.82 Å². The van der Waals surface area contributed by atoms with Crippen molar-refractivity contribution in [2.24, 2.45) is 0 Å². The third-order valence-electron chi connectivity index (χ3n) is 2.46. The highest BCUT2D eigenvalue weighted by atomic mass is 19.1. The lowest BCUT2D eigenvalue weighted by molar-refractivity contribution is 0.159. The van der Waals surface area contributed by atoms with Crippen LogP contribution in [0.25, 0.3) is 0 Å². The summed E-state index contributed by atoms with van der Waals surface area (Å²) in [5.41, 5.74) is 6.32. The van der Waals surface area contributed by atoms with Gasteiger partial charge in [-0.25, -0.2) is 9.37 Å². The normalized spacial score (nSPS) is 11.4. The van der Waals surface area contributed by atoms with E-state index in [1.807, 2.05) is 18.7 Å². The molecule has 0 saturated carbocycles. The summed E-state index contributed by atoms with van der Waals surface area (Å²) >= 11 is 0. The van der Waals surface area contributed by atoms with Gasteiger partial charge < -0.3 is 10.8 Å². The first-order valence-electron chi connectivity index (χ1n) is 5.29. The summed E-state index contributed by atoms with van der Waals surface area (Å²) in [7, 11) is 0. The lowest BCUT2D eigenvalue weighted by atomic mass is 10.2. The van der Waals surface area contributed by atoms with E-state index in [9.17, 15) is 4.39 Å². The van der Waals surface area contributed by atoms with Crippen LogP contribution in [0.3, 0.4) is 0 Å². The predicted octanol–water partition coefficient (Wildman–Crippen LogP) is 1.01. The Bertz CT molecular complexity index is 344. The fourth-order valence-corrected chi connectivity index (χ4v) is 1.49. The average molecular weight is 227 g/mol. The number of nitrogens with zero attached hydrogens (tertiary/aromatic N) is 2. The molecule has 0 atom stereocenters. The van der Waals surface area contributed by atoms with Gasteiger partial charge in [0.25, 0.3) is 0 Å². The van der Waals surface area contributed by atoms with Crippen LogP contribution in [0.5, 0.6) is 0 Å². The van der Waals surface area contributed by atoms with Crippen LogP contribution in [0, 0.1) is 5.82 Å². The van der Waals surface area contributed by atoms with Gasteiger partial charge in [0.15, 0.2) is 0 Å². The molecule has 0 bridgehead atoms. The SMILES string of the molecule is CC(C)N(CCO)Cc1cc(F)cnc1N. The van der Waals surface area contributed by atoms with Crippen LogP contribution >= 0.6 is 0 Å². The van der Waals surface area contributed by atoms with Crippen molar-refractivity contribution in [1.82, 2.24) is 9.88 Å². The molecular formula is C11H18FN3O. The molecule has 0 amide bonds. The van der Waals surface area contributed by atoms with Gasteiger partial charge in [-0.15, -0.1) is 0 Å². The second kappa shape index (κ2) is 5.77. The van der Waals surface area contributed by atoms with Gasteiger partial charge in [0.1, 0.15) is 11.6 Å². The van der Waals surface area contributed by atoms with E-state index in [0.717, 1.165) is 6.20 Å². The topological polar surface area (TPSA) is 62.4 Å². The summed E-state index contributed by atoms with van der Waals surface area (Å²) in [6, 6.07) is 1.64. The first-order chi connectivity index (χ1) is 7.54. The molecule has 0 aliphatic carbocycles. The van der Waals surface area contributed by atoms with Crippen LogP contribution in [0.1, 0.15) is 19.4 Å². The quantitative estimate of drug-likeness (QED) is 0.788. The number of aliphatic hydroxyl groups is 1. The molecule has 0 unspecified atom stereocenters. The zero-order chi connectivity index (χ0) is 12.1. The molecule has 5 heteroatoms. The molecule has 1 aromatic heterocycles. The Labute approximate surface area is 94.9 Å². The summed E-state index contributed by atoms with van der Waals surface area (Å²) in [5.74, 6) is -0.0538. The maximum atomic E-state index is 13.0. The van der Waals surface area contributed by atoms with E-state index in [1.165, 1.54) is 6.07 Å². The summed E-state index contributed by atoms with van der Waals surface area (Å²) in [6.07, 6.45) is 1.10. The highest BCUT2D eigenvalue weighted by Crippen LogP contribution is 2.14. The summed E-state index contributed by atoms with van der Waals surface area (Å²) in [5, 5.41) is 8.92. The number of pyridine rings is 1. The lowest BCUT2D eigenvalue weighted by Gasteiger charge is -2.25. The number of anilines is 1. The molecule has 0 aliphatic rings. The van der Waals surface area contributed by atoms with Crippen LogP contribution in [0.15, 0.2) is 12.3 Å². The van der Waals surface area contributed by atoms with Gasteiger partial charge in [0.05, 0.1) is 12.8 Å². The van der Waals surface area contributed by atoms with Gasteiger partial charge in [-0.2, -0.15) is 0 Å². The average Bonchev–Trinajstić information content (AvgIpc) is 2.22. The lowest BCUT2D eigenvalue weighted by Crippen LogP contribution is -2.33. The fraction of sp³-hybridized carbons (Fsp3) is 0.545. The molecular weight excluding hydrogens is 209 g/mol. The molecule has 0 radical (unpaired) electrons. The smallest absolute Gasteiger partial charge is 0.141 e. The highest BCUT2D eigenvalue weighted by molar-refractivity contribution is 5.38. The Morgan fingerprint density at radius 2 is 2.25 bits per heavy atom. The summed E-state index contributed by atoms with van der Waals surface area (Å²) in [4.78, 5) is 5.77. The monoisotopic (exact) mass is 227 g/mol. The fourth-order valence-electron chi connectivity index (χ4n) is 1.49. The first kappa shape index (κ1) is 12.9. The van der Waals surface area contributed by atoms with Gasteiger partial charge >= 0.3 is 0 Å². The molecule has 0 saturated heterocycles. The van der Waals surface area contributed by atoms with Gasteiger partial charge in [0, 0.05) is 24.7 Å². The third-order valence-corrected chi connectivity index (χ3v) is 2.46. The Morgan fingerprint density at radius 1 is 1.56 bits per heavy atom. The number of nitrogens with two attached hydrogens (primary N) is 1. The molecule has 1 heterocycles. The maximum absolute atomic E-state index is 13.0. The van der Waals surface area contributed by atoms with E-state index in [2.05, 4.69) is 4.98 Å². The summed E-state index contributed by atoms with van der Waals surface area (Å²) in [6.45, 7) is 5.13. The molecule has 3 N–H and O–H groups in total. The third kappa shape index (κ3) is 3.43. The molecule has 0 aromatic carbocycles. The van der Waals surface area contributed by atoms with E-state index in [0.29, 0.717) is 24.5 Å². The second-order valence-electron chi connectivity index (χ2n) is 3.99. The largest absolute Gasteiger partial charge is 0.395 e. The van der Waals surface area contributed by atoms with Crippen molar-refractivity contribution in [3.05, 3.63) is 23.6 Å². The molecule has 4 nitrogen and oxygen atoms in total. The number of rotatable bonds is 5. The van der Waals surface area contributed by atoms with Crippen molar-refractivity contribution in [3.63, 3.8) is 0 Å². The van der Waals surface area contributed by atoms with Crippen LogP contribution in [-0.2, 0) is 6.54 Å². The minimum Gasteiger partial charge on any atom is -0.395 e. The number of nitrogen functional groups attached to an aromatic ring is 1. The Morgan fingerprint density at radius 3 is 2.81 bits per heavy atom. The molecule has 0 spiro atoms. The van der Waals surface area contributed by atoms with Crippen molar-refractivity contribution >= 4 is 5.82 Å². The Balaban J connectivity index is 2.80. The second-order valence-corrected chi connectivity index (χ2v) is 3.99. The molecule has 1 rings (SSSR count). The molecule has 0 fully saturated rings. The first-order valence-corrected chi connectivity index (χ1v) is 5.29. The van der Waals surface area contributed by atoms with Gasteiger partial charge in [-0.05, 0) is 19.9 Å². The van der Waals surface area contributed by atoms with Crippen LogP contribution in [-0.4, -0.2) is 34.2 Å². The van der Waals surface area contributed by atoms with Crippen LogP contribution in [0.4, 0.5) is 10.2 Å². The van der Waals surface area contributed by atoms with Crippen molar-refractivity contribution in [1.29, 1.82) is 0 Å². The number of hydrogen-bond acceptors (Lipinski definition) is 4. The molecule has 0 aliphatic heterocycles. The Kier molecular flexibility index (Phi) is 4.64. The molecule has 16 heavy (non-hydrogen) atoms. The van der Waals surface area contributed by atoms with Crippen molar-refractivity contribution in [2.75, 3.05) is 18.9 Å². The number of hydrogen-bond donors (Lipinski definition) is 2. The Hall–Kier alpha value is -1.20.